The Kier molecular flexibility index (Phi) is 8.08. The number of urea groups is 1. The Hall–Kier alpha value is -2.77. The second-order valence-electron chi connectivity index (χ2n) is 8.88. The molecule has 0 aliphatic carbocycles. The van der Waals surface area contributed by atoms with Crippen LogP contribution in [0.2, 0.25) is 0 Å². The summed E-state index contributed by atoms with van der Waals surface area (Å²) < 4.78 is 5.33. The van der Waals surface area contributed by atoms with E-state index in [1.54, 1.807) is 25.7 Å². The SMILES string of the molecule is CC(=O)NCc1ccc(CN(NC(=O)OC(C)(C)C)C(=O)N2CCC(C)CC2)cc1. The van der Waals surface area contributed by atoms with Gasteiger partial charge in [0.05, 0.1) is 6.54 Å². The normalized spacial score (nSPS) is 14.8. The Morgan fingerprint density at radius 1 is 1.10 bits per heavy atom. The van der Waals surface area contributed by atoms with Gasteiger partial charge in [0, 0.05) is 26.6 Å². The molecule has 1 aromatic carbocycles. The maximum atomic E-state index is 13.1. The van der Waals surface area contributed by atoms with Gasteiger partial charge in [0.2, 0.25) is 5.91 Å². The van der Waals surface area contributed by atoms with E-state index in [-0.39, 0.29) is 18.5 Å². The summed E-state index contributed by atoms with van der Waals surface area (Å²) in [5.74, 6) is 0.505. The number of amides is 4. The van der Waals surface area contributed by atoms with Crippen LogP contribution in [0.5, 0.6) is 0 Å². The summed E-state index contributed by atoms with van der Waals surface area (Å²) in [5, 5.41) is 4.06. The van der Waals surface area contributed by atoms with Gasteiger partial charge in [-0.2, -0.15) is 0 Å². The van der Waals surface area contributed by atoms with E-state index >= 15 is 0 Å². The van der Waals surface area contributed by atoms with Crippen LogP contribution in [0.15, 0.2) is 24.3 Å². The van der Waals surface area contributed by atoms with E-state index in [9.17, 15) is 14.4 Å². The topological polar surface area (TPSA) is 91.0 Å². The molecule has 1 aliphatic heterocycles. The van der Waals surface area contributed by atoms with Crippen LogP contribution in [0, 0.1) is 5.92 Å². The van der Waals surface area contributed by atoms with Crippen LogP contribution in [-0.2, 0) is 22.6 Å². The highest BCUT2D eigenvalue weighted by Gasteiger charge is 2.27. The summed E-state index contributed by atoms with van der Waals surface area (Å²) in [5.41, 5.74) is 3.76. The van der Waals surface area contributed by atoms with Crippen molar-refractivity contribution in [2.45, 2.75) is 66.2 Å². The first-order valence-corrected chi connectivity index (χ1v) is 10.4. The fourth-order valence-electron chi connectivity index (χ4n) is 3.11. The number of carbonyl (C=O) groups excluding carboxylic acids is 3. The van der Waals surface area contributed by atoms with Crippen molar-refractivity contribution in [2.75, 3.05) is 13.1 Å². The second kappa shape index (κ2) is 10.3. The predicted octanol–water partition coefficient (Wildman–Crippen LogP) is 3.42. The first kappa shape index (κ1) is 23.5. The van der Waals surface area contributed by atoms with Gasteiger partial charge in [0.1, 0.15) is 5.60 Å². The molecule has 1 fully saturated rings. The Labute approximate surface area is 178 Å². The van der Waals surface area contributed by atoms with Crippen LogP contribution in [-0.4, -0.2) is 46.6 Å². The number of nitrogens with zero attached hydrogens (tertiary/aromatic N) is 2. The van der Waals surface area contributed by atoms with E-state index in [2.05, 4.69) is 17.7 Å². The molecule has 0 aromatic heterocycles. The lowest BCUT2D eigenvalue weighted by molar-refractivity contribution is -0.119. The van der Waals surface area contributed by atoms with Crippen LogP contribution < -0.4 is 10.7 Å². The third kappa shape index (κ3) is 7.93. The van der Waals surface area contributed by atoms with Crippen LogP contribution in [0.25, 0.3) is 0 Å². The van der Waals surface area contributed by atoms with Gasteiger partial charge in [0.15, 0.2) is 0 Å². The summed E-state index contributed by atoms with van der Waals surface area (Å²) in [6.07, 6.45) is 1.23. The number of piperidine rings is 1. The molecule has 4 amide bonds. The Bertz CT molecular complexity index is 734. The van der Waals surface area contributed by atoms with Gasteiger partial charge in [0.25, 0.3) is 0 Å². The average molecular weight is 419 g/mol. The first-order chi connectivity index (χ1) is 14.0. The number of benzene rings is 1. The number of likely N-dealkylation sites (tertiary alicyclic amines) is 1. The van der Waals surface area contributed by atoms with Crippen LogP contribution >= 0.6 is 0 Å². The average Bonchev–Trinajstić information content (AvgIpc) is 2.65. The summed E-state index contributed by atoms with van der Waals surface area (Å²) in [6, 6.07) is 7.31. The molecule has 8 nitrogen and oxygen atoms in total. The number of carbonyl (C=O) groups is 3. The fourth-order valence-corrected chi connectivity index (χ4v) is 3.11. The minimum absolute atomic E-state index is 0.0896. The molecule has 0 atom stereocenters. The molecule has 30 heavy (non-hydrogen) atoms. The van der Waals surface area contributed by atoms with Crippen LogP contribution in [0.1, 0.15) is 58.6 Å². The van der Waals surface area contributed by atoms with E-state index in [0.717, 1.165) is 24.0 Å². The number of ether oxygens (including phenoxy) is 1. The van der Waals surface area contributed by atoms with Crippen molar-refractivity contribution < 1.29 is 19.1 Å². The quantitative estimate of drug-likeness (QED) is 0.733. The molecule has 2 rings (SSSR count). The summed E-state index contributed by atoms with van der Waals surface area (Å²) in [6.45, 7) is 11.0. The van der Waals surface area contributed by atoms with E-state index in [1.165, 1.54) is 11.9 Å². The van der Waals surface area contributed by atoms with E-state index in [1.807, 2.05) is 24.3 Å². The van der Waals surface area contributed by atoms with Gasteiger partial charge in [-0.25, -0.2) is 20.0 Å². The Balaban J connectivity index is 2.09. The molecule has 0 bridgehead atoms. The zero-order chi connectivity index (χ0) is 22.3. The molecule has 1 saturated heterocycles. The lowest BCUT2D eigenvalue weighted by Crippen LogP contribution is -2.54. The molecular formula is C22H34N4O4. The standard InChI is InChI=1S/C22H34N4O4/c1-16-10-12-25(13-11-16)21(29)26(24-20(28)30-22(3,4)5)15-19-8-6-18(7-9-19)14-23-17(2)27/h6-9,16H,10-15H2,1-5H3,(H,23,27)(H,24,28). The van der Waals surface area contributed by atoms with Crippen LogP contribution in [0.4, 0.5) is 9.59 Å². The van der Waals surface area contributed by atoms with Crippen molar-refractivity contribution in [3.8, 4) is 0 Å². The fraction of sp³-hybridized carbons (Fsp3) is 0.591. The Morgan fingerprint density at radius 3 is 2.20 bits per heavy atom. The number of rotatable bonds is 4. The van der Waals surface area contributed by atoms with E-state index < -0.39 is 11.7 Å². The van der Waals surface area contributed by atoms with Crippen molar-refractivity contribution in [3.05, 3.63) is 35.4 Å². The van der Waals surface area contributed by atoms with Crippen molar-refractivity contribution in [3.63, 3.8) is 0 Å². The van der Waals surface area contributed by atoms with Crippen LogP contribution in [0.3, 0.4) is 0 Å². The van der Waals surface area contributed by atoms with Gasteiger partial charge in [-0.1, -0.05) is 31.2 Å². The summed E-state index contributed by atoms with van der Waals surface area (Å²) >= 11 is 0. The molecular weight excluding hydrogens is 384 g/mol. The zero-order valence-corrected chi connectivity index (χ0v) is 18.7. The molecule has 0 radical (unpaired) electrons. The third-order valence-corrected chi connectivity index (χ3v) is 4.82. The van der Waals surface area contributed by atoms with Crippen molar-refractivity contribution >= 4 is 18.0 Å². The van der Waals surface area contributed by atoms with Gasteiger partial charge in [-0.05, 0) is 50.7 Å². The largest absolute Gasteiger partial charge is 0.443 e. The summed E-state index contributed by atoms with van der Waals surface area (Å²) in [7, 11) is 0. The molecule has 1 heterocycles. The highest BCUT2D eigenvalue weighted by molar-refractivity contribution is 5.78. The highest BCUT2D eigenvalue weighted by atomic mass is 16.6. The Morgan fingerprint density at radius 2 is 1.67 bits per heavy atom. The van der Waals surface area contributed by atoms with E-state index in [4.69, 9.17) is 4.74 Å². The number of hydrogen-bond acceptors (Lipinski definition) is 4. The number of hydrogen-bond donors (Lipinski definition) is 2. The molecule has 8 heteroatoms. The van der Waals surface area contributed by atoms with Crippen molar-refractivity contribution in [2.24, 2.45) is 5.92 Å². The maximum Gasteiger partial charge on any atom is 0.426 e. The second-order valence-corrected chi connectivity index (χ2v) is 8.88. The summed E-state index contributed by atoms with van der Waals surface area (Å²) in [4.78, 5) is 38.2. The molecule has 1 aliphatic rings. The molecule has 0 saturated carbocycles. The smallest absolute Gasteiger partial charge is 0.426 e. The number of nitrogens with one attached hydrogen (secondary N) is 2. The molecule has 1 aromatic rings. The minimum atomic E-state index is -0.663. The van der Waals surface area contributed by atoms with Crippen molar-refractivity contribution in [1.29, 1.82) is 0 Å². The maximum absolute atomic E-state index is 13.1. The lowest BCUT2D eigenvalue weighted by atomic mass is 10.00. The highest BCUT2D eigenvalue weighted by Crippen LogP contribution is 2.18. The molecule has 2 N–H and O–H groups in total. The molecule has 166 valence electrons. The lowest BCUT2D eigenvalue weighted by Gasteiger charge is -2.35. The van der Waals surface area contributed by atoms with Crippen molar-refractivity contribution in [1.82, 2.24) is 20.7 Å². The van der Waals surface area contributed by atoms with Gasteiger partial charge >= 0.3 is 12.1 Å². The zero-order valence-electron chi connectivity index (χ0n) is 18.7. The van der Waals surface area contributed by atoms with Gasteiger partial charge < -0.3 is 15.0 Å². The van der Waals surface area contributed by atoms with Gasteiger partial charge in [-0.3, -0.25) is 4.79 Å². The van der Waals surface area contributed by atoms with Gasteiger partial charge in [-0.15, -0.1) is 0 Å². The molecule has 0 spiro atoms. The molecule has 0 unspecified atom stereocenters. The minimum Gasteiger partial charge on any atom is -0.443 e. The van der Waals surface area contributed by atoms with E-state index in [0.29, 0.717) is 25.6 Å². The predicted molar refractivity (Wildman–Crippen MR) is 114 cm³/mol. The first-order valence-electron chi connectivity index (χ1n) is 10.4. The third-order valence-electron chi connectivity index (χ3n) is 4.82. The number of hydrazine groups is 1. The monoisotopic (exact) mass is 418 g/mol.